The maximum absolute atomic E-state index is 6.22. The van der Waals surface area contributed by atoms with Gasteiger partial charge in [0.25, 0.3) is 0 Å². The molecule has 1 N–H and O–H groups in total. The van der Waals surface area contributed by atoms with Gasteiger partial charge in [-0.25, -0.2) is 4.98 Å². The van der Waals surface area contributed by atoms with Crippen LogP contribution in [0.4, 0.5) is 5.82 Å². The minimum absolute atomic E-state index is 0.735. The molecule has 0 saturated heterocycles. The molecule has 5 heteroatoms. The van der Waals surface area contributed by atoms with Crippen molar-refractivity contribution in [3.05, 3.63) is 33.9 Å². The molecule has 0 atom stereocenters. The van der Waals surface area contributed by atoms with Crippen molar-refractivity contribution in [2.24, 2.45) is 0 Å². The molecule has 1 aromatic heterocycles. The van der Waals surface area contributed by atoms with Crippen molar-refractivity contribution < 1.29 is 0 Å². The number of hydrogen-bond donors (Lipinski definition) is 1. The third-order valence-corrected chi connectivity index (χ3v) is 3.77. The lowest BCUT2D eigenvalue weighted by atomic mass is 10.2. The fourth-order valence-corrected chi connectivity index (χ4v) is 2.84. The van der Waals surface area contributed by atoms with Gasteiger partial charge in [-0.05, 0) is 34.5 Å². The number of hydrogen-bond acceptors (Lipinski definition) is 2. The SMILES string of the molecule is Clc1ccccc1-c1nc(Br)c2n1CCCN2. The molecule has 0 unspecified atom stereocenters. The number of nitrogens with one attached hydrogen (secondary N) is 1. The first-order chi connectivity index (χ1) is 8.27. The van der Waals surface area contributed by atoms with Crippen LogP contribution in [0.25, 0.3) is 11.4 Å². The molecular formula is C12H11BrClN3. The fraction of sp³-hybridized carbons (Fsp3) is 0.250. The number of rotatable bonds is 1. The Morgan fingerprint density at radius 1 is 1.35 bits per heavy atom. The van der Waals surface area contributed by atoms with Gasteiger partial charge >= 0.3 is 0 Å². The summed E-state index contributed by atoms with van der Waals surface area (Å²) in [6, 6.07) is 7.80. The van der Waals surface area contributed by atoms with Crippen molar-refractivity contribution >= 4 is 33.3 Å². The van der Waals surface area contributed by atoms with Crippen LogP contribution in [-0.4, -0.2) is 16.1 Å². The van der Waals surface area contributed by atoms with Gasteiger partial charge in [0.05, 0.1) is 5.02 Å². The van der Waals surface area contributed by atoms with Gasteiger partial charge < -0.3 is 9.88 Å². The Morgan fingerprint density at radius 3 is 3.00 bits per heavy atom. The van der Waals surface area contributed by atoms with Crippen molar-refractivity contribution in [3.63, 3.8) is 0 Å². The quantitative estimate of drug-likeness (QED) is 0.868. The zero-order valence-corrected chi connectivity index (χ0v) is 11.4. The molecule has 1 aliphatic heterocycles. The molecule has 2 aromatic rings. The highest BCUT2D eigenvalue weighted by molar-refractivity contribution is 9.10. The molecule has 88 valence electrons. The Labute approximate surface area is 113 Å². The van der Waals surface area contributed by atoms with Crippen LogP contribution in [0.2, 0.25) is 5.02 Å². The van der Waals surface area contributed by atoms with E-state index in [9.17, 15) is 0 Å². The highest BCUT2D eigenvalue weighted by atomic mass is 79.9. The first kappa shape index (κ1) is 11.1. The Hall–Kier alpha value is -1.00. The van der Waals surface area contributed by atoms with E-state index in [2.05, 4.69) is 30.8 Å². The summed E-state index contributed by atoms with van der Waals surface area (Å²) in [4.78, 5) is 4.56. The number of nitrogens with zero attached hydrogens (tertiary/aromatic N) is 2. The van der Waals surface area contributed by atoms with Gasteiger partial charge in [-0.1, -0.05) is 23.7 Å². The van der Waals surface area contributed by atoms with E-state index in [-0.39, 0.29) is 0 Å². The van der Waals surface area contributed by atoms with Crippen LogP contribution in [-0.2, 0) is 6.54 Å². The molecule has 3 nitrogen and oxygen atoms in total. The van der Waals surface area contributed by atoms with E-state index in [1.54, 1.807) is 0 Å². The summed E-state index contributed by atoms with van der Waals surface area (Å²) in [7, 11) is 0. The minimum Gasteiger partial charge on any atom is -0.369 e. The first-order valence-electron chi connectivity index (χ1n) is 5.52. The summed E-state index contributed by atoms with van der Waals surface area (Å²) < 4.78 is 3.03. The predicted octanol–water partition coefficient (Wildman–Crippen LogP) is 3.78. The van der Waals surface area contributed by atoms with Gasteiger partial charge in [-0.3, -0.25) is 0 Å². The maximum atomic E-state index is 6.22. The standard InChI is InChI=1S/C12H11BrClN3/c13-10-12-15-6-3-7-17(12)11(16-10)8-4-1-2-5-9(8)14/h1-2,4-5,15H,3,6-7H2. The lowest BCUT2D eigenvalue weighted by Gasteiger charge is -2.18. The largest absolute Gasteiger partial charge is 0.369 e. The monoisotopic (exact) mass is 311 g/mol. The lowest BCUT2D eigenvalue weighted by molar-refractivity contribution is 0.635. The smallest absolute Gasteiger partial charge is 0.149 e. The van der Waals surface area contributed by atoms with Crippen LogP contribution in [0, 0.1) is 0 Å². The fourth-order valence-electron chi connectivity index (χ4n) is 2.10. The Bertz CT molecular complexity index is 565. The second-order valence-electron chi connectivity index (χ2n) is 3.99. The second-order valence-corrected chi connectivity index (χ2v) is 5.14. The average molecular weight is 313 g/mol. The number of fused-ring (bicyclic) bond motifs is 1. The van der Waals surface area contributed by atoms with Crippen LogP contribution in [0.5, 0.6) is 0 Å². The van der Waals surface area contributed by atoms with Gasteiger partial charge in [0.15, 0.2) is 0 Å². The lowest BCUT2D eigenvalue weighted by Crippen LogP contribution is -2.17. The van der Waals surface area contributed by atoms with Crippen molar-refractivity contribution in [3.8, 4) is 11.4 Å². The van der Waals surface area contributed by atoms with E-state index in [0.717, 1.165) is 46.3 Å². The summed E-state index contributed by atoms with van der Waals surface area (Å²) in [5.41, 5.74) is 0.977. The van der Waals surface area contributed by atoms with Crippen molar-refractivity contribution in [2.45, 2.75) is 13.0 Å². The van der Waals surface area contributed by atoms with E-state index >= 15 is 0 Å². The molecule has 0 amide bonds. The highest BCUT2D eigenvalue weighted by Crippen LogP contribution is 2.34. The molecule has 0 saturated carbocycles. The number of benzene rings is 1. The van der Waals surface area contributed by atoms with E-state index in [1.165, 1.54) is 0 Å². The molecule has 0 bridgehead atoms. The van der Waals surface area contributed by atoms with Crippen LogP contribution >= 0.6 is 27.5 Å². The number of aromatic nitrogens is 2. The normalized spacial score (nSPS) is 14.2. The Morgan fingerprint density at radius 2 is 2.18 bits per heavy atom. The summed E-state index contributed by atoms with van der Waals surface area (Å²) in [5, 5.41) is 4.09. The van der Waals surface area contributed by atoms with E-state index in [4.69, 9.17) is 11.6 Å². The zero-order valence-electron chi connectivity index (χ0n) is 9.08. The topological polar surface area (TPSA) is 29.9 Å². The first-order valence-corrected chi connectivity index (χ1v) is 6.69. The van der Waals surface area contributed by atoms with Gasteiger partial charge in [-0.15, -0.1) is 0 Å². The summed E-state index contributed by atoms with van der Waals surface area (Å²) in [6.45, 7) is 1.97. The van der Waals surface area contributed by atoms with E-state index in [1.807, 2.05) is 24.3 Å². The molecule has 0 radical (unpaired) electrons. The molecule has 0 spiro atoms. The molecule has 1 aliphatic rings. The summed E-state index contributed by atoms with van der Waals surface area (Å²) in [5.74, 6) is 1.97. The molecular weight excluding hydrogens is 302 g/mol. The third-order valence-electron chi connectivity index (χ3n) is 2.89. The van der Waals surface area contributed by atoms with Crippen molar-refractivity contribution in [1.29, 1.82) is 0 Å². The maximum Gasteiger partial charge on any atom is 0.149 e. The number of imidazole rings is 1. The molecule has 1 aromatic carbocycles. The van der Waals surface area contributed by atoms with Crippen LogP contribution in [0.15, 0.2) is 28.9 Å². The molecule has 0 aliphatic carbocycles. The minimum atomic E-state index is 0.735. The third kappa shape index (κ3) is 1.85. The van der Waals surface area contributed by atoms with Gasteiger partial charge in [0.2, 0.25) is 0 Å². The summed E-state index contributed by atoms with van der Waals surface area (Å²) in [6.07, 6.45) is 1.10. The number of anilines is 1. The molecule has 3 rings (SSSR count). The Balaban J connectivity index is 2.19. The van der Waals surface area contributed by atoms with Crippen molar-refractivity contribution in [1.82, 2.24) is 9.55 Å². The highest BCUT2D eigenvalue weighted by Gasteiger charge is 2.20. The van der Waals surface area contributed by atoms with Gasteiger partial charge in [0, 0.05) is 18.7 Å². The second kappa shape index (κ2) is 4.35. The molecule has 17 heavy (non-hydrogen) atoms. The van der Waals surface area contributed by atoms with Crippen LogP contribution in [0.1, 0.15) is 6.42 Å². The van der Waals surface area contributed by atoms with E-state index in [0.29, 0.717) is 0 Å². The van der Waals surface area contributed by atoms with Gasteiger partial charge in [0.1, 0.15) is 16.2 Å². The van der Waals surface area contributed by atoms with Crippen LogP contribution < -0.4 is 5.32 Å². The Kier molecular flexibility index (Phi) is 2.84. The zero-order chi connectivity index (χ0) is 11.8. The number of halogens is 2. The van der Waals surface area contributed by atoms with Gasteiger partial charge in [-0.2, -0.15) is 0 Å². The summed E-state index contributed by atoms with van der Waals surface area (Å²) >= 11 is 9.71. The van der Waals surface area contributed by atoms with Crippen molar-refractivity contribution in [2.75, 3.05) is 11.9 Å². The van der Waals surface area contributed by atoms with E-state index < -0.39 is 0 Å². The molecule has 2 heterocycles. The molecule has 0 fully saturated rings. The average Bonchev–Trinajstić information content (AvgIpc) is 2.68. The van der Waals surface area contributed by atoms with Crippen LogP contribution in [0.3, 0.4) is 0 Å². The predicted molar refractivity (Wildman–Crippen MR) is 73.5 cm³/mol.